The number of hydrogen-bond donors (Lipinski definition) is 1. The SMILES string of the molecule is C#CCNC(=O)COC(=O)c1ccccc1S[C@H]1CCS(=O)(=O)C1. The zero-order valence-electron chi connectivity index (χ0n) is 12.9. The van der Waals surface area contributed by atoms with Gasteiger partial charge in [0.25, 0.3) is 5.91 Å². The summed E-state index contributed by atoms with van der Waals surface area (Å²) in [4.78, 5) is 24.2. The van der Waals surface area contributed by atoms with E-state index in [-0.39, 0.29) is 23.3 Å². The fourth-order valence-electron chi connectivity index (χ4n) is 2.18. The van der Waals surface area contributed by atoms with E-state index in [9.17, 15) is 18.0 Å². The predicted molar refractivity (Wildman–Crippen MR) is 91.5 cm³/mol. The third kappa shape index (κ3) is 5.28. The van der Waals surface area contributed by atoms with Crippen molar-refractivity contribution in [1.29, 1.82) is 0 Å². The molecular formula is C16H17NO5S2. The molecule has 0 saturated carbocycles. The van der Waals surface area contributed by atoms with Gasteiger partial charge in [-0.1, -0.05) is 18.1 Å². The number of nitrogens with one attached hydrogen (secondary N) is 1. The Hall–Kier alpha value is -1.98. The van der Waals surface area contributed by atoms with Crippen molar-refractivity contribution < 1.29 is 22.7 Å². The molecule has 1 amide bonds. The summed E-state index contributed by atoms with van der Waals surface area (Å²) in [6.07, 6.45) is 5.58. The number of rotatable bonds is 6. The first-order valence-electron chi connectivity index (χ1n) is 7.24. The maximum absolute atomic E-state index is 12.2. The zero-order chi connectivity index (χ0) is 17.6. The van der Waals surface area contributed by atoms with Gasteiger partial charge >= 0.3 is 5.97 Å². The number of terminal acetylenes is 1. The van der Waals surface area contributed by atoms with Crippen LogP contribution in [0.5, 0.6) is 0 Å². The van der Waals surface area contributed by atoms with E-state index < -0.39 is 28.3 Å². The number of benzene rings is 1. The predicted octanol–water partition coefficient (Wildman–Crippen LogP) is 0.872. The molecule has 24 heavy (non-hydrogen) atoms. The summed E-state index contributed by atoms with van der Waals surface area (Å²) >= 11 is 1.35. The number of ether oxygens (including phenoxy) is 1. The van der Waals surface area contributed by atoms with Crippen LogP contribution in [-0.2, 0) is 19.4 Å². The van der Waals surface area contributed by atoms with Crippen molar-refractivity contribution in [3.05, 3.63) is 29.8 Å². The van der Waals surface area contributed by atoms with Gasteiger partial charge in [-0.2, -0.15) is 0 Å². The summed E-state index contributed by atoms with van der Waals surface area (Å²) in [7, 11) is -2.99. The van der Waals surface area contributed by atoms with Gasteiger partial charge in [-0.3, -0.25) is 4.79 Å². The fourth-order valence-corrected chi connectivity index (χ4v) is 5.80. The summed E-state index contributed by atoms with van der Waals surface area (Å²) in [5.74, 6) is 1.42. The minimum atomic E-state index is -2.99. The second kappa shape index (κ2) is 8.22. The van der Waals surface area contributed by atoms with Crippen molar-refractivity contribution >= 4 is 33.5 Å². The highest BCUT2D eigenvalue weighted by molar-refractivity contribution is 8.02. The molecule has 1 heterocycles. The second-order valence-electron chi connectivity index (χ2n) is 5.20. The molecule has 1 aliphatic rings. The third-order valence-corrected chi connectivity index (χ3v) is 6.64. The summed E-state index contributed by atoms with van der Waals surface area (Å²) < 4.78 is 28.1. The van der Waals surface area contributed by atoms with Crippen LogP contribution in [-0.4, -0.2) is 50.2 Å². The molecule has 8 heteroatoms. The first-order valence-corrected chi connectivity index (χ1v) is 9.95. The van der Waals surface area contributed by atoms with Crippen LogP contribution in [0.4, 0.5) is 0 Å². The van der Waals surface area contributed by atoms with Crippen LogP contribution < -0.4 is 5.32 Å². The highest BCUT2D eigenvalue weighted by atomic mass is 32.2. The lowest BCUT2D eigenvalue weighted by molar-refractivity contribution is -0.123. The Morgan fingerprint density at radius 2 is 2.12 bits per heavy atom. The Balaban J connectivity index is 1.99. The van der Waals surface area contributed by atoms with Crippen LogP contribution >= 0.6 is 11.8 Å². The smallest absolute Gasteiger partial charge is 0.339 e. The second-order valence-corrected chi connectivity index (χ2v) is 8.77. The van der Waals surface area contributed by atoms with Gasteiger partial charge in [0.05, 0.1) is 23.6 Å². The van der Waals surface area contributed by atoms with Gasteiger partial charge in [0, 0.05) is 10.1 Å². The highest BCUT2D eigenvalue weighted by Crippen LogP contribution is 2.33. The van der Waals surface area contributed by atoms with E-state index >= 15 is 0 Å². The molecule has 1 aromatic carbocycles. The van der Waals surface area contributed by atoms with Crippen LogP contribution in [0.25, 0.3) is 0 Å². The molecule has 1 atom stereocenters. The lowest BCUT2D eigenvalue weighted by Crippen LogP contribution is -2.29. The summed E-state index contributed by atoms with van der Waals surface area (Å²) in [5, 5.41) is 2.32. The van der Waals surface area contributed by atoms with E-state index in [0.29, 0.717) is 16.9 Å². The van der Waals surface area contributed by atoms with Crippen molar-refractivity contribution in [3.63, 3.8) is 0 Å². The molecule has 1 saturated heterocycles. The molecule has 0 spiro atoms. The van der Waals surface area contributed by atoms with Crippen LogP contribution in [0.15, 0.2) is 29.2 Å². The molecule has 0 radical (unpaired) electrons. The van der Waals surface area contributed by atoms with Crippen LogP contribution in [0.1, 0.15) is 16.8 Å². The Morgan fingerprint density at radius 3 is 2.79 bits per heavy atom. The standard InChI is InChI=1S/C16H17NO5S2/c1-2-8-17-15(18)10-22-16(19)13-5-3-4-6-14(13)23-12-7-9-24(20,21)11-12/h1,3-6,12H,7-11H2,(H,17,18)/t12-/m0/s1. The van der Waals surface area contributed by atoms with Crippen molar-refractivity contribution in [2.24, 2.45) is 0 Å². The number of thioether (sulfide) groups is 1. The molecule has 0 aliphatic carbocycles. The summed E-state index contributed by atoms with van der Waals surface area (Å²) in [5.41, 5.74) is 0.316. The van der Waals surface area contributed by atoms with Crippen LogP contribution in [0, 0.1) is 12.3 Å². The van der Waals surface area contributed by atoms with Gasteiger partial charge in [0.15, 0.2) is 16.4 Å². The first kappa shape index (κ1) is 18.4. The van der Waals surface area contributed by atoms with Crippen molar-refractivity contribution in [1.82, 2.24) is 5.32 Å². The monoisotopic (exact) mass is 367 g/mol. The molecule has 1 aromatic rings. The fraction of sp³-hybridized carbons (Fsp3) is 0.375. The van der Waals surface area contributed by atoms with Gasteiger partial charge in [0.2, 0.25) is 0 Å². The number of sulfone groups is 1. The molecule has 0 aromatic heterocycles. The molecule has 1 fully saturated rings. The van der Waals surface area contributed by atoms with E-state index in [1.165, 1.54) is 11.8 Å². The first-order chi connectivity index (χ1) is 11.4. The molecule has 6 nitrogen and oxygen atoms in total. The highest BCUT2D eigenvalue weighted by Gasteiger charge is 2.29. The Labute approximate surface area is 145 Å². The maximum atomic E-state index is 12.2. The van der Waals surface area contributed by atoms with E-state index in [0.717, 1.165) is 0 Å². The largest absolute Gasteiger partial charge is 0.452 e. The molecule has 0 bridgehead atoms. The van der Waals surface area contributed by atoms with Gasteiger partial charge in [0.1, 0.15) is 0 Å². The zero-order valence-corrected chi connectivity index (χ0v) is 14.5. The summed E-state index contributed by atoms with van der Waals surface area (Å²) in [6.45, 7) is -0.351. The van der Waals surface area contributed by atoms with Crippen molar-refractivity contribution in [3.8, 4) is 12.3 Å². The van der Waals surface area contributed by atoms with Crippen molar-refractivity contribution in [2.45, 2.75) is 16.6 Å². The number of hydrogen-bond acceptors (Lipinski definition) is 6. The lowest BCUT2D eigenvalue weighted by atomic mass is 10.2. The summed E-state index contributed by atoms with van der Waals surface area (Å²) in [6, 6.07) is 6.78. The molecule has 1 aliphatic heterocycles. The quantitative estimate of drug-likeness (QED) is 0.593. The molecular weight excluding hydrogens is 350 g/mol. The number of carbonyl (C=O) groups is 2. The number of amides is 1. The van der Waals surface area contributed by atoms with Crippen molar-refractivity contribution in [2.75, 3.05) is 24.7 Å². The van der Waals surface area contributed by atoms with E-state index in [1.54, 1.807) is 24.3 Å². The van der Waals surface area contributed by atoms with Crippen LogP contribution in [0.2, 0.25) is 0 Å². The number of esters is 1. The van der Waals surface area contributed by atoms with Crippen LogP contribution in [0.3, 0.4) is 0 Å². The van der Waals surface area contributed by atoms with E-state index in [4.69, 9.17) is 11.2 Å². The molecule has 1 N–H and O–H groups in total. The van der Waals surface area contributed by atoms with E-state index in [1.807, 2.05) is 0 Å². The average Bonchev–Trinajstić information content (AvgIpc) is 2.89. The normalized spacial score (nSPS) is 18.5. The molecule has 2 rings (SSSR count). The van der Waals surface area contributed by atoms with Gasteiger partial charge in [-0.05, 0) is 18.6 Å². The Kier molecular flexibility index (Phi) is 6.29. The topological polar surface area (TPSA) is 89.5 Å². The Morgan fingerprint density at radius 1 is 1.38 bits per heavy atom. The minimum Gasteiger partial charge on any atom is -0.452 e. The third-order valence-electron chi connectivity index (χ3n) is 3.31. The van der Waals surface area contributed by atoms with Gasteiger partial charge < -0.3 is 10.1 Å². The molecule has 128 valence electrons. The van der Waals surface area contributed by atoms with Gasteiger partial charge in [-0.25, -0.2) is 13.2 Å². The van der Waals surface area contributed by atoms with E-state index in [2.05, 4.69) is 11.2 Å². The number of carbonyl (C=O) groups excluding carboxylic acids is 2. The average molecular weight is 367 g/mol. The lowest BCUT2D eigenvalue weighted by Gasteiger charge is -2.12. The maximum Gasteiger partial charge on any atom is 0.339 e. The molecule has 0 unspecified atom stereocenters. The van der Waals surface area contributed by atoms with Gasteiger partial charge in [-0.15, -0.1) is 18.2 Å². The minimum absolute atomic E-state index is 0.0684. The Bertz CT molecular complexity index is 767.